The first-order valence-corrected chi connectivity index (χ1v) is 6.34. The van der Waals surface area contributed by atoms with E-state index in [1.165, 1.54) is 7.11 Å². The number of Topliss-reactive ketones (excluding diaryl/α,β-unsaturated/α-hetero) is 2. The summed E-state index contributed by atoms with van der Waals surface area (Å²) in [4.78, 5) is 22.5. The lowest BCUT2D eigenvalue weighted by Crippen LogP contribution is -2.14. The molecule has 0 rings (SSSR count). The van der Waals surface area contributed by atoms with Gasteiger partial charge >= 0.3 is 0 Å². The van der Waals surface area contributed by atoms with E-state index in [0.717, 1.165) is 0 Å². The Morgan fingerprint density at radius 2 is 1.61 bits per heavy atom. The van der Waals surface area contributed by atoms with E-state index in [1.54, 1.807) is 6.92 Å². The summed E-state index contributed by atoms with van der Waals surface area (Å²) in [6, 6.07) is 0. The molecule has 0 aromatic heterocycles. The summed E-state index contributed by atoms with van der Waals surface area (Å²) in [6.07, 6.45) is 1.13. The van der Waals surface area contributed by atoms with Crippen molar-refractivity contribution in [3.8, 4) is 0 Å². The fraction of sp³-hybridized carbons (Fsp3) is 0.846. The molecule has 0 radical (unpaired) electrons. The lowest BCUT2D eigenvalue weighted by atomic mass is 10.0. The van der Waals surface area contributed by atoms with Crippen molar-refractivity contribution < 1.29 is 24.5 Å². The van der Waals surface area contributed by atoms with E-state index < -0.39 is 12.2 Å². The van der Waals surface area contributed by atoms with Crippen LogP contribution in [-0.2, 0) is 14.3 Å². The molecule has 0 saturated carbocycles. The molecule has 2 atom stereocenters. The van der Waals surface area contributed by atoms with Gasteiger partial charge in [0.05, 0.1) is 12.2 Å². The van der Waals surface area contributed by atoms with Gasteiger partial charge < -0.3 is 14.9 Å². The van der Waals surface area contributed by atoms with Gasteiger partial charge in [0.25, 0.3) is 0 Å². The number of ketones is 2. The van der Waals surface area contributed by atoms with Gasteiger partial charge in [-0.15, -0.1) is 0 Å². The highest BCUT2D eigenvalue weighted by atomic mass is 16.5. The van der Waals surface area contributed by atoms with Gasteiger partial charge in [0, 0.05) is 26.4 Å². The Kier molecular flexibility index (Phi) is 9.73. The fourth-order valence-corrected chi connectivity index (χ4v) is 1.54. The lowest BCUT2D eigenvalue weighted by molar-refractivity contribution is -0.126. The van der Waals surface area contributed by atoms with E-state index in [0.29, 0.717) is 19.3 Å². The molecular formula is C13H24O5. The van der Waals surface area contributed by atoms with Crippen molar-refractivity contribution in [1.29, 1.82) is 0 Å². The number of aliphatic hydroxyl groups is 2. The molecule has 0 aliphatic carbocycles. The van der Waals surface area contributed by atoms with Crippen molar-refractivity contribution in [2.45, 2.75) is 57.7 Å². The predicted molar refractivity (Wildman–Crippen MR) is 67.3 cm³/mol. The Labute approximate surface area is 108 Å². The van der Waals surface area contributed by atoms with Crippen molar-refractivity contribution in [2.75, 3.05) is 13.7 Å². The molecule has 0 bridgehead atoms. The van der Waals surface area contributed by atoms with Crippen LogP contribution in [0.15, 0.2) is 0 Å². The normalized spacial score (nSPS) is 14.2. The largest absolute Gasteiger partial charge is 0.393 e. The summed E-state index contributed by atoms with van der Waals surface area (Å²) in [7, 11) is 1.44. The van der Waals surface area contributed by atoms with Crippen molar-refractivity contribution in [1.82, 2.24) is 0 Å². The molecule has 0 aromatic rings. The van der Waals surface area contributed by atoms with Crippen LogP contribution in [0.4, 0.5) is 0 Å². The minimum Gasteiger partial charge on any atom is -0.393 e. The molecule has 0 aromatic carbocycles. The molecule has 0 amide bonds. The first-order chi connectivity index (χ1) is 8.45. The average molecular weight is 260 g/mol. The van der Waals surface area contributed by atoms with Gasteiger partial charge in [0.2, 0.25) is 0 Å². The zero-order valence-corrected chi connectivity index (χ0v) is 11.2. The maximum absolute atomic E-state index is 11.4. The zero-order chi connectivity index (χ0) is 14.0. The monoisotopic (exact) mass is 260 g/mol. The third-order valence-electron chi connectivity index (χ3n) is 2.66. The van der Waals surface area contributed by atoms with Crippen molar-refractivity contribution in [2.24, 2.45) is 0 Å². The van der Waals surface area contributed by atoms with Crippen molar-refractivity contribution in [3.05, 3.63) is 0 Å². The fourth-order valence-electron chi connectivity index (χ4n) is 1.54. The number of ether oxygens (including phenoxy) is 1. The zero-order valence-electron chi connectivity index (χ0n) is 11.2. The standard InChI is InChI=1S/C13H24O5/c1-10(14)3-4-11(15)5-6-12(16)7-8-13(17)9-18-2/h10-11,14-15H,3-9H2,1-2H3. The summed E-state index contributed by atoms with van der Waals surface area (Å²) in [5, 5.41) is 18.6. The first kappa shape index (κ1) is 17.2. The van der Waals surface area contributed by atoms with E-state index in [9.17, 15) is 14.7 Å². The number of carbonyl (C=O) groups is 2. The molecule has 106 valence electrons. The van der Waals surface area contributed by atoms with Crippen LogP contribution in [-0.4, -0.2) is 47.7 Å². The second-order valence-electron chi connectivity index (χ2n) is 4.63. The molecule has 0 spiro atoms. The van der Waals surface area contributed by atoms with Gasteiger partial charge in [0.15, 0.2) is 5.78 Å². The molecule has 18 heavy (non-hydrogen) atoms. The molecule has 2 unspecified atom stereocenters. The number of carbonyl (C=O) groups excluding carboxylic acids is 2. The summed E-state index contributed by atoms with van der Waals surface area (Å²) in [5.41, 5.74) is 0. The van der Waals surface area contributed by atoms with E-state index in [1.807, 2.05) is 0 Å². The van der Waals surface area contributed by atoms with Crippen LogP contribution >= 0.6 is 0 Å². The Balaban J connectivity index is 3.60. The van der Waals surface area contributed by atoms with Gasteiger partial charge in [-0.05, 0) is 26.2 Å². The lowest BCUT2D eigenvalue weighted by Gasteiger charge is -2.10. The van der Waals surface area contributed by atoms with Crippen LogP contribution in [0.1, 0.15) is 45.4 Å². The summed E-state index contributed by atoms with van der Waals surface area (Å²) >= 11 is 0. The number of methoxy groups -OCH3 is 1. The Morgan fingerprint density at radius 1 is 1.00 bits per heavy atom. The molecular weight excluding hydrogens is 236 g/mol. The summed E-state index contributed by atoms with van der Waals surface area (Å²) < 4.78 is 4.66. The maximum atomic E-state index is 11.4. The Hall–Kier alpha value is -0.780. The smallest absolute Gasteiger partial charge is 0.158 e. The highest BCUT2D eigenvalue weighted by Crippen LogP contribution is 2.09. The Bertz CT molecular complexity index is 250. The molecule has 0 aliphatic heterocycles. The van der Waals surface area contributed by atoms with Crippen LogP contribution in [0.5, 0.6) is 0 Å². The van der Waals surface area contributed by atoms with Crippen molar-refractivity contribution in [3.63, 3.8) is 0 Å². The van der Waals surface area contributed by atoms with E-state index >= 15 is 0 Å². The quantitative estimate of drug-likeness (QED) is 0.575. The molecule has 0 fully saturated rings. The number of hydrogen-bond acceptors (Lipinski definition) is 5. The van der Waals surface area contributed by atoms with E-state index in [2.05, 4.69) is 4.74 Å². The van der Waals surface area contributed by atoms with Crippen LogP contribution in [0.25, 0.3) is 0 Å². The topological polar surface area (TPSA) is 83.8 Å². The molecule has 5 nitrogen and oxygen atoms in total. The molecule has 0 heterocycles. The Morgan fingerprint density at radius 3 is 2.17 bits per heavy atom. The number of hydrogen-bond donors (Lipinski definition) is 2. The van der Waals surface area contributed by atoms with Gasteiger partial charge in [-0.2, -0.15) is 0 Å². The van der Waals surface area contributed by atoms with Gasteiger partial charge in [-0.25, -0.2) is 0 Å². The summed E-state index contributed by atoms with van der Waals surface area (Å²) in [6.45, 7) is 1.71. The van der Waals surface area contributed by atoms with Crippen LogP contribution < -0.4 is 0 Å². The first-order valence-electron chi connectivity index (χ1n) is 6.34. The third kappa shape index (κ3) is 10.4. The van der Waals surface area contributed by atoms with Gasteiger partial charge in [0.1, 0.15) is 12.4 Å². The van der Waals surface area contributed by atoms with Gasteiger partial charge in [-0.3, -0.25) is 9.59 Å². The highest BCUT2D eigenvalue weighted by Gasteiger charge is 2.11. The van der Waals surface area contributed by atoms with E-state index in [4.69, 9.17) is 5.11 Å². The molecule has 2 N–H and O–H groups in total. The second-order valence-corrected chi connectivity index (χ2v) is 4.63. The van der Waals surface area contributed by atoms with Crippen LogP contribution in [0, 0.1) is 0 Å². The average Bonchev–Trinajstić information content (AvgIpc) is 2.31. The number of aliphatic hydroxyl groups excluding tert-OH is 2. The molecule has 0 saturated heterocycles. The van der Waals surface area contributed by atoms with Gasteiger partial charge in [-0.1, -0.05) is 0 Å². The second kappa shape index (κ2) is 10.2. The maximum Gasteiger partial charge on any atom is 0.158 e. The SMILES string of the molecule is COCC(=O)CCC(=O)CCC(O)CCC(C)O. The van der Waals surface area contributed by atoms with Crippen LogP contribution in [0.2, 0.25) is 0 Å². The molecule has 5 heteroatoms. The third-order valence-corrected chi connectivity index (χ3v) is 2.66. The summed E-state index contributed by atoms with van der Waals surface area (Å²) in [5.74, 6) is -0.101. The number of rotatable bonds is 11. The molecule has 0 aliphatic rings. The minimum absolute atomic E-state index is 0.0180. The van der Waals surface area contributed by atoms with Crippen molar-refractivity contribution >= 4 is 11.6 Å². The van der Waals surface area contributed by atoms with Crippen LogP contribution in [0.3, 0.4) is 0 Å². The van der Waals surface area contributed by atoms with E-state index in [-0.39, 0.29) is 37.4 Å². The highest BCUT2D eigenvalue weighted by molar-refractivity contribution is 5.86. The predicted octanol–water partition coefficient (Wildman–Crippen LogP) is 0.853. The minimum atomic E-state index is -0.557.